The van der Waals surface area contributed by atoms with Gasteiger partial charge in [0.1, 0.15) is 18.6 Å². The molecule has 0 spiro atoms. The van der Waals surface area contributed by atoms with E-state index in [0.29, 0.717) is 12.5 Å². The molecule has 0 aromatic heterocycles. The van der Waals surface area contributed by atoms with E-state index in [0.717, 1.165) is 41.9 Å². The van der Waals surface area contributed by atoms with E-state index < -0.39 is 0 Å². The fraction of sp³-hybridized carbons (Fsp3) is 0.381. The number of carbonyl (C=O) groups excluding carboxylic acids is 1. The molecular weight excluding hydrogens is 298 g/mol. The van der Waals surface area contributed by atoms with Crippen LogP contribution in [-0.4, -0.2) is 26.0 Å². The second-order valence-electron chi connectivity index (χ2n) is 6.28. The van der Waals surface area contributed by atoms with Crippen LogP contribution in [0.5, 0.6) is 5.75 Å². The van der Waals surface area contributed by atoms with Crippen LogP contribution in [0.2, 0.25) is 0 Å². The normalized spacial score (nSPS) is 10.7. The maximum absolute atomic E-state index is 11.0. The number of benzene rings is 2. The third-order valence-corrected chi connectivity index (χ3v) is 4.29. The minimum Gasteiger partial charge on any atom is -0.491 e. The second kappa shape index (κ2) is 8.53. The van der Waals surface area contributed by atoms with Crippen molar-refractivity contribution in [3.05, 3.63) is 59.2 Å². The Morgan fingerprint density at radius 1 is 1.17 bits per heavy atom. The van der Waals surface area contributed by atoms with Crippen LogP contribution in [-0.2, 0) is 0 Å². The Bertz CT molecular complexity index is 679. The van der Waals surface area contributed by atoms with Gasteiger partial charge in [-0.3, -0.25) is 4.79 Å². The van der Waals surface area contributed by atoms with E-state index >= 15 is 0 Å². The highest BCUT2D eigenvalue weighted by atomic mass is 16.5. The summed E-state index contributed by atoms with van der Waals surface area (Å²) >= 11 is 0. The van der Waals surface area contributed by atoms with Crippen LogP contribution < -0.4 is 9.64 Å². The molecule has 3 heteroatoms. The van der Waals surface area contributed by atoms with E-state index in [9.17, 15) is 4.79 Å². The van der Waals surface area contributed by atoms with Crippen molar-refractivity contribution >= 4 is 12.0 Å². The third kappa shape index (κ3) is 4.38. The van der Waals surface area contributed by atoms with Crippen molar-refractivity contribution < 1.29 is 9.53 Å². The van der Waals surface area contributed by atoms with Gasteiger partial charge in [0.05, 0.1) is 6.54 Å². The number of nitrogens with zero attached hydrogens (tertiary/aromatic N) is 1. The highest BCUT2D eigenvalue weighted by Gasteiger charge is 2.09. The molecule has 128 valence electrons. The Hall–Kier alpha value is -2.29. The van der Waals surface area contributed by atoms with E-state index in [-0.39, 0.29) is 0 Å². The molecule has 0 saturated carbocycles. The van der Waals surface area contributed by atoms with Crippen molar-refractivity contribution in [2.24, 2.45) is 0 Å². The monoisotopic (exact) mass is 325 g/mol. The number of likely N-dealkylation sites (N-methyl/N-ethyl adjacent to an activating group) is 1. The minimum absolute atomic E-state index is 0.446. The molecular formula is C21H27NO2. The summed E-state index contributed by atoms with van der Waals surface area (Å²) in [6, 6.07) is 14.2. The van der Waals surface area contributed by atoms with E-state index in [1.165, 1.54) is 5.56 Å². The number of para-hydroxylation sites is 1. The minimum atomic E-state index is 0.446. The van der Waals surface area contributed by atoms with Gasteiger partial charge >= 0.3 is 0 Å². The molecule has 0 saturated heterocycles. The van der Waals surface area contributed by atoms with E-state index in [1.54, 1.807) is 0 Å². The number of hydrogen-bond donors (Lipinski definition) is 0. The number of rotatable bonds is 8. The van der Waals surface area contributed by atoms with Crippen molar-refractivity contribution in [2.45, 2.75) is 33.6 Å². The molecule has 0 fully saturated rings. The SMILES string of the molecule is CCN(CCOc1ccccc1C(C)C)c1ccc(C=O)c(C)c1. The van der Waals surface area contributed by atoms with Crippen LogP contribution in [0.15, 0.2) is 42.5 Å². The summed E-state index contributed by atoms with van der Waals surface area (Å²) < 4.78 is 6.03. The molecule has 0 atom stereocenters. The summed E-state index contributed by atoms with van der Waals surface area (Å²) in [6.45, 7) is 10.8. The summed E-state index contributed by atoms with van der Waals surface area (Å²) in [5.41, 5.74) is 4.12. The van der Waals surface area contributed by atoms with Gasteiger partial charge in [-0.15, -0.1) is 0 Å². The maximum atomic E-state index is 11.0. The van der Waals surface area contributed by atoms with E-state index in [2.05, 4.69) is 43.9 Å². The number of aldehydes is 1. The molecule has 0 aliphatic heterocycles. The predicted molar refractivity (Wildman–Crippen MR) is 100 cm³/mol. The molecule has 0 aliphatic rings. The van der Waals surface area contributed by atoms with Gasteiger partial charge in [-0.05, 0) is 55.2 Å². The second-order valence-corrected chi connectivity index (χ2v) is 6.28. The molecule has 0 heterocycles. The maximum Gasteiger partial charge on any atom is 0.150 e. The number of hydrogen-bond acceptors (Lipinski definition) is 3. The van der Waals surface area contributed by atoms with Crippen molar-refractivity contribution in [3.8, 4) is 5.75 Å². The van der Waals surface area contributed by atoms with Crippen molar-refractivity contribution in [1.82, 2.24) is 0 Å². The first kappa shape index (κ1) is 18.1. The molecule has 0 amide bonds. The van der Waals surface area contributed by atoms with Crippen molar-refractivity contribution in [3.63, 3.8) is 0 Å². The zero-order valence-corrected chi connectivity index (χ0v) is 15.1. The van der Waals surface area contributed by atoms with Gasteiger partial charge in [0.25, 0.3) is 0 Å². The van der Waals surface area contributed by atoms with Gasteiger partial charge in [0.15, 0.2) is 0 Å². The van der Waals surface area contributed by atoms with Gasteiger partial charge in [-0.1, -0.05) is 32.0 Å². The van der Waals surface area contributed by atoms with Gasteiger partial charge in [-0.2, -0.15) is 0 Å². The summed E-state index contributed by atoms with van der Waals surface area (Å²) in [5, 5.41) is 0. The quantitative estimate of drug-likeness (QED) is 0.651. The first-order valence-corrected chi connectivity index (χ1v) is 8.59. The molecule has 2 aromatic carbocycles. The van der Waals surface area contributed by atoms with Crippen LogP contribution in [0, 0.1) is 6.92 Å². The number of carbonyl (C=O) groups is 1. The fourth-order valence-corrected chi connectivity index (χ4v) is 2.81. The third-order valence-electron chi connectivity index (χ3n) is 4.29. The first-order valence-electron chi connectivity index (χ1n) is 8.59. The highest BCUT2D eigenvalue weighted by molar-refractivity contribution is 5.78. The lowest BCUT2D eigenvalue weighted by Crippen LogP contribution is -2.28. The Labute approximate surface area is 145 Å². The summed E-state index contributed by atoms with van der Waals surface area (Å²) in [6.07, 6.45) is 0.904. The van der Waals surface area contributed by atoms with Gasteiger partial charge in [0.2, 0.25) is 0 Å². The van der Waals surface area contributed by atoms with Gasteiger partial charge in [0, 0.05) is 17.8 Å². The first-order chi connectivity index (χ1) is 11.6. The molecule has 2 rings (SSSR count). The molecule has 0 aliphatic carbocycles. The summed E-state index contributed by atoms with van der Waals surface area (Å²) in [7, 11) is 0. The molecule has 3 nitrogen and oxygen atoms in total. The largest absolute Gasteiger partial charge is 0.491 e. The topological polar surface area (TPSA) is 29.5 Å². The van der Waals surface area contributed by atoms with Crippen LogP contribution >= 0.6 is 0 Å². The number of aryl methyl sites for hydroxylation is 1. The van der Waals surface area contributed by atoms with E-state index in [1.807, 2.05) is 31.2 Å². The molecule has 0 unspecified atom stereocenters. The van der Waals surface area contributed by atoms with Gasteiger partial charge in [-0.25, -0.2) is 0 Å². The molecule has 24 heavy (non-hydrogen) atoms. The Morgan fingerprint density at radius 3 is 2.54 bits per heavy atom. The average Bonchev–Trinajstić information content (AvgIpc) is 2.59. The van der Waals surface area contributed by atoms with Crippen molar-refractivity contribution in [1.29, 1.82) is 0 Å². The zero-order chi connectivity index (χ0) is 17.5. The van der Waals surface area contributed by atoms with Crippen LogP contribution in [0.25, 0.3) is 0 Å². The molecule has 0 bridgehead atoms. The Kier molecular flexibility index (Phi) is 6.42. The van der Waals surface area contributed by atoms with Gasteiger partial charge < -0.3 is 9.64 Å². The van der Waals surface area contributed by atoms with Crippen LogP contribution in [0.3, 0.4) is 0 Å². The lowest BCUT2D eigenvalue weighted by Gasteiger charge is -2.24. The van der Waals surface area contributed by atoms with Crippen LogP contribution in [0.1, 0.15) is 48.2 Å². The fourth-order valence-electron chi connectivity index (χ4n) is 2.81. The molecule has 0 N–H and O–H groups in total. The lowest BCUT2D eigenvalue weighted by atomic mass is 10.0. The lowest BCUT2D eigenvalue weighted by molar-refractivity contribution is 0.112. The Balaban J connectivity index is 2.02. The number of ether oxygens (including phenoxy) is 1. The smallest absolute Gasteiger partial charge is 0.150 e. The van der Waals surface area contributed by atoms with Crippen LogP contribution in [0.4, 0.5) is 5.69 Å². The predicted octanol–water partition coefficient (Wildman–Crippen LogP) is 4.84. The summed E-state index contributed by atoms with van der Waals surface area (Å²) in [5.74, 6) is 1.41. The molecule has 2 aromatic rings. The number of anilines is 1. The van der Waals surface area contributed by atoms with Crippen molar-refractivity contribution in [2.75, 3.05) is 24.6 Å². The standard InChI is InChI=1S/C21H27NO2/c1-5-22(19-11-10-18(15-23)17(4)14-19)12-13-24-21-9-7-6-8-20(21)16(2)3/h6-11,14-16H,5,12-13H2,1-4H3. The van der Waals surface area contributed by atoms with E-state index in [4.69, 9.17) is 4.74 Å². The highest BCUT2D eigenvalue weighted by Crippen LogP contribution is 2.26. The average molecular weight is 325 g/mol. The zero-order valence-electron chi connectivity index (χ0n) is 15.1. The molecule has 0 radical (unpaired) electrons. The Morgan fingerprint density at radius 2 is 1.92 bits per heavy atom. The summed E-state index contributed by atoms with van der Waals surface area (Å²) in [4.78, 5) is 13.2.